The van der Waals surface area contributed by atoms with Gasteiger partial charge >= 0.3 is 0 Å². The summed E-state index contributed by atoms with van der Waals surface area (Å²) in [5, 5.41) is 6.50. The van der Waals surface area contributed by atoms with Crippen LogP contribution in [0.25, 0.3) is 0 Å². The topological polar surface area (TPSA) is 64.1 Å². The van der Waals surface area contributed by atoms with Crippen molar-refractivity contribution in [2.75, 3.05) is 45.0 Å². The van der Waals surface area contributed by atoms with Gasteiger partial charge in [0.1, 0.15) is 12.5 Å². The molecule has 0 unspecified atom stereocenters. The van der Waals surface area contributed by atoms with Crippen molar-refractivity contribution in [3.05, 3.63) is 59.7 Å². The third-order valence-electron chi connectivity index (χ3n) is 4.88. The number of aliphatic imine (C=N–C) groups is 1. The van der Waals surface area contributed by atoms with Crippen molar-refractivity contribution in [3.8, 4) is 5.75 Å². The molecule has 0 radical (unpaired) electrons. The van der Waals surface area contributed by atoms with E-state index >= 15 is 0 Å². The molecule has 1 fully saturated rings. The van der Waals surface area contributed by atoms with Crippen LogP contribution in [0.5, 0.6) is 5.75 Å². The minimum absolute atomic E-state index is 0. The van der Waals surface area contributed by atoms with Gasteiger partial charge in [-0.3, -0.25) is 4.99 Å². The Morgan fingerprint density at radius 2 is 1.69 bits per heavy atom. The van der Waals surface area contributed by atoms with E-state index in [0.29, 0.717) is 26.6 Å². The highest BCUT2D eigenvalue weighted by Crippen LogP contribution is 2.24. The van der Waals surface area contributed by atoms with Crippen LogP contribution in [0.15, 0.2) is 53.5 Å². The maximum Gasteiger partial charge on any atom is 0.195 e. The number of nitrogens with one attached hydrogen (secondary N) is 2. The van der Waals surface area contributed by atoms with Gasteiger partial charge in [-0.2, -0.15) is 0 Å². The standard InChI is InChI=1S/C22H27N3O3.ClH/c1-22(13-26-16-27-14-22)15-28-20-8-4-18(5-9-20)12-17-2-6-19(7-3-17)25-21-23-10-11-24-21;/h2-9H,10-16H2,1H3,(H2,23,24,25);1H. The van der Waals surface area contributed by atoms with E-state index in [4.69, 9.17) is 14.2 Å². The Morgan fingerprint density at radius 3 is 2.31 bits per heavy atom. The minimum Gasteiger partial charge on any atom is -0.493 e. The zero-order chi connectivity index (χ0) is 19.2. The molecule has 2 N–H and O–H groups in total. The lowest BCUT2D eigenvalue weighted by Gasteiger charge is -2.32. The van der Waals surface area contributed by atoms with Crippen molar-refractivity contribution in [1.82, 2.24) is 5.32 Å². The normalized spacial score (nSPS) is 17.6. The number of ether oxygens (including phenoxy) is 3. The summed E-state index contributed by atoms with van der Waals surface area (Å²) in [5.41, 5.74) is 3.48. The molecule has 6 nitrogen and oxygen atoms in total. The van der Waals surface area contributed by atoms with Gasteiger partial charge in [-0.25, -0.2) is 0 Å². The first kappa shape index (κ1) is 21.4. The van der Waals surface area contributed by atoms with Crippen LogP contribution in [0.2, 0.25) is 0 Å². The molecule has 2 aliphatic rings. The van der Waals surface area contributed by atoms with Crippen LogP contribution in [0, 0.1) is 5.41 Å². The number of halogens is 1. The Hall–Kier alpha value is -2.28. The molecule has 0 saturated carbocycles. The summed E-state index contributed by atoms with van der Waals surface area (Å²) in [6.45, 7) is 6.16. The Kier molecular flexibility index (Phi) is 7.36. The molecular formula is C22H28ClN3O3. The summed E-state index contributed by atoms with van der Waals surface area (Å²) in [4.78, 5) is 4.35. The molecule has 4 rings (SSSR count). The Labute approximate surface area is 178 Å². The summed E-state index contributed by atoms with van der Waals surface area (Å²) in [6.07, 6.45) is 0.888. The van der Waals surface area contributed by atoms with Gasteiger partial charge < -0.3 is 24.8 Å². The average molecular weight is 418 g/mol. The van der Waals surface area contributed by atoms with E-state index in [-0.39, 0.29) is 17.8 Å². The van der Waals surface area contributed by atoms with Gasteiger partial charge in [0, 0.05) is 17.6 Å². The van der Waals surface area contributed by atoms with E-state index in [9.17, 15) is 0 Å². The van der Waals surface area contributed by atoms with Crippen LogP contribution >= 0.6 is 12.4 Å². The molecule has 2 heterocycles. The van der Waals surface area contributed by atoms with Gasteiger partial charge in [-0.15, -0.1) is 12.4 Å². The lowest BCUT2D eigenvalue weighted by atomic mass is 9.94. The number of rotatable bonds is 6. The van der Waals surface area contributed by atoms with Crippen LogP contribution in [0.1, 0.15) is 18.1 Å². The fourth-order valence-electron chi connectivity index (χ4n) is 3.28. The lowest BCUT2D eigenvalue weighted by Crippen LogP contribution is -2.39. The summed E-state index contributed by atoms with van der Waals surface area (Å²) in [5.74, 6) is 1.73. The van der Waals surface area contributed by atoms with Crippen molar-refractivity contribution in [2.24, 2.45) is 10.4 Å². The number of nitrogens with zero attached hydrogens (tertiary/aromatic N) is 1. The molecular weight excluding hydrogens is 390 g/mol. The molecule has 0 amide bonds. The highest BCUT2D eigenvalue weighted by Gasteiger charge is 2.29. The SMILES string of the molecule is CC1(COc2ccc(Cc3ccc(NC4=NCCN4)cc3)cc2)COCOC1.Cl. The predicted octanol–water partition coefficient (Wildman–Crippen LogP) is 3.46. The molecule has 156 valence electrons. The second-order valence-corrected chi connectivity index (χ2v) is 7.71. The van der Waals surface area contributed by atoms with E-state index in [2.05, 4.69) is 58.9 Å². The molecule has 1 saturated heterocycles. The van der Waals surface area contributed by atoms with Crippen LogP contribution in [0.4, 0.5) is 5.69 Å². The Morgan fingerprint density at radius 1 is 1.03 bits per heavy atom. The van der Waals surface area contributed by atoms with E-state index < -0.39 is 0 Å². The average Bonchev–Trinajstić information content (AvgIpc) is 3.23. The number of hydrogen-bond acceptors (Lipinski definition) is 6. The fourth-order valence-corrected chi connectivity index (χ4v) is 3.28. The van der Waals surface area contributed by atoms with Gasteiger partial charge in [0.15, 0.2) is 5.96 Å². The predicted molar refractivity (Wildman–Crippen MR) is 117 cm³/mol. The number of guanidine groups is 1. The third-order valence-corrected chi connectivity index (χ3v) is 4.88. The van der Waals surface area contributed by atoms with Gasteiger partial charge in [0.2, 0.25) is 0 Å². The number of benzene rings is 2. The largest absolute Gasteiger partial charge is 0.493 e. The first-order valence-electron chi connectivity index (χ1n) is 9.70. The van der Waals surface area contributed by atoms with E-state index in [1.54, 1.807) is 0 Å². The first-order chi connectivity index (χ1) is 13.7. The van der Waals surface area contributed by atoms with E-state index in [0.717, 1.165) is 36.9 Å². The van der Waals surface area contributed by atoms with E-state index in [1.807, 2.05) is 12.1 Å². The summed E-state index contributed by atoms with van der Waals surface area (Å²) < 4.78 is 16.7. The maximum absolute atomic E-state index is 5.95. The van der Waals surface area contributed by atoms with Crippen molar-refractivity contribution >= 4 is 24.1 Å². The molecule has 7 heteroatoms. The summed E-state index contributed by atoms with van der Waals surface area (Å²) in [6, 6.07) is 16.8. The zero-order valence-electron chi connectivity index (χ0n) is 16.6. The zero-order valence-corrected chi connectivity index (χ0v) is 17.5. The van der Waals surface area contributed by atoms with Crippen molar-refractivity contribution < 1.29 is 14.2 Å². The van der Waals surface area contributed by atoms with Gasteiger partial charge in [-0.05, 0) is 41.8 Å². The Bertz CT molecular complexity index is 803. The lowest BCUT2D eigenvalue weighted by molar-refractivity contribution is -0.167. The number of hydrogen-bond donors (Lipinski definition) is 2. The minimum atomic E-state index is -0.0910. The molecule has 2 aliphatic heterocycles. The van der Waals surface area contributed by atoms with Crippen LogP contribution < -0.4 is 15.4 Å². The highest BCUT2D eigenvalue weighted by molar-refractivity contribution is 5.94. The van der Waals surface area contributed by atoms with Crippen LogP contribution in [-0.4, -0.2) is 45.7 Å². The molecule has 29 heavy (non-hydrogen) atoms. The molecule has 0 spiro atoms. The summed E-state index contributed by atoms with van der Waals surface area (Å²) in [7, 11) is 0. The number of anilines is 1. The molecule has 0 aliphatic carbocycles. The van der Waals surface area contributed by atoms with Gasteiger partial charge in [-0.1, -0.05) is 31.2 Å². The van der Waals surface area contributed by atoms with Crippen LogP contribution in [0.3, 0.4) is 0 Å². The fraction of sp³-hybridized carbons (Fsp3) is 0.409. The highest BCUT2D eigenvalue weighted by atomic mass is 35.5. The third kappa shape index (κ3) is 6.10. The second-order valence-electron chi connectivity index (χ2n) is 7.71. The van der Waals surface area contributed by atoms with E-state index in [1.165, 1.54) is 11.1 Å². The van der Waals surface area contributed by atoms with Gasteiger partial charge in [0.25, 0.3) is 0 Å². The monoisotopic (exact) mass is 417 g/mol. The van der Waals surface area contributed by atoms with Crippen LogP contribution in [-0.2, 0) is 15.9 Å². The first-order valence-corrected chi connectivity index (χ1v) is 9.70. The maximum atomic E-state index is 5.95. The quantitative estimate of drug-likeness (QED) is 0.753. The van der Waals surface area contributed by atoms with Gasteiger partial charge in [0.05, 0.1) is 26.4 Å². The van der Waals surface area contributed by atoms with Crippen molar-refractivity contribution in [3.63, 3.8) is 0 Å². The van der Waals surface area contributed by atoms with Crippen molar-refractivity contribution in [1.29, 1.82) is 0 Å². The summed E-state index contributed by atoms with van der Waals surface area (Å²) >= 11 is 0. The molecule has 2 aromatic rings. The Balaban J connectivity index is 0.00000240. The molecule has 0 atom stereocenters. The van der Waals surface area contributed by atoms with Crippen molar-refractivity contribution in [2.45, 2.75) is 13.3 Å². The molecule has 0 bridgehead atoms. The molecule has 2 aromatic carbocycles. The molecule has 0 aromatic heterocycles. The smallest absolute Gasteiger partial charge is 0.195 e. The second kappa shape index (κ2) is 9.96.